The van der Waals surface area contributed by atoms with E-state index < -0.39 is 0 Å². The summed E-state index contributed by atoms with van der Waals surface area (Å²) in [4.78, 5) is 11.4. The molecule has 2 fully saturated rings. The molecule has 2 aliphatic rings. The molecule has 3 atom stereocenters. The summed E-state index contributed by atoms with van der Waals surface area (Å²) in [5.74, 6) is 1.06. The van der Waals surface area contributed by atoms with Gasteiger partial charge in [0.1, 0.15) is 0 Å². The van der Waals surface area contributed by atoms with Crippen LogP contribution >= 0.6 is 11.8 Å². The molecule has 2 N–H and O–H groups in total. The summed E-state index contributed by atoms with van der Waals surface area (Å²) in [6.07, 6.45) is 6.57. The summed E-state index contributed by atoms with van der Waals surface area (Å²) in [7, 11) is 0. The molecule has 3 nitrogen and oxygen atoms in total. The van der Waals surface area contributed by atoms with Gasteiger partial charge in [0, 0.05) is 11.0 Å². The fourth-order valence-electron chi connectivity index (χ4n) is 3.16. The first kappa shape index (κ1) is 14.0. The standard InChI is InChI=1S/C14H26N2OS/c1-4-5-6-7-8-14(2,3)12-11-10(9-18-12)15-13(17)16-11/h10-12H,4-9H2,1-3H3,(H2,15,16,17)/t10-,11-,12?/m0/s1. The molecule has 2 heterocycles. The Morgan fingerprint density at radius 3 is 2.78 bits per heavy atom. The van der Waals surface area contributed by atoms with E-state index >= 15 is 0 Å². The van der Waals surface area contributed by atoms with Crippen molar-refractivity contribution in [3.63, 3.8) is 0 Å². The Morgan fingerprint density at radius 1 is 1.28 bits per heavy atom. The van der Waals surface area contributed by atoms with E-state index in [2.05, 4.69) is 31.4 Å². The first-order valence-electron chi connectivity index (χ1n) is 7.23. The van der Waals surface area contributed by atoms with Gasteiger partial charge < -0.3 is 10.6 Å². The fraction of sp³-hybridized carbons (Fsp3) is 0.929. The van der Waals surface area contributed by atoms with Crippen molar-refractivity contribution < 1.29 is 4.79 Å². The summed E-state index contributed by atoms with van der Waals surface area (Å²) in [6.45, 7) is 6.98. The highest BCUT2D eigenvalue weighted by Gasteiger charge is 2.48. The van der Waals surface area contributed by atoms with Gasteiger partial charge in [-0.25, -0.2) is 4.79 Å². The van der Waals surface area contributed by atoms with Gasteiger partial charge in [0.05, 0.1) is 12.1 Å². The summed E-state index contributed by atoms with van der Waals surface area (Å²) in [5.41, 5.74) is 0.317. The molecule has 0 aliphatic carbocycles. The quantitative estimate of drug-likeness (QED) is 0.575. The van der Waals surface area contributed by atoms with Gasteiger partial charge in [0.2, 0.25) is 0 Å². The molecular weight excluding hydrogens is 244 g/mol. The molecule has 0 radical (unpaired) electrons. The predicted molar refractivity (Wildman–Crippen MR) is 78.0 cm³/mol. The number of hydrogen-bond donors (Lipinski definition) is 2. The van der Waals surface area contributed by atoms with Crippen molar-refractivity contribution in [3.05, 3.63) is 0 Å². The minimum Gasteiger partial charge on any atom is -0.332 e. The number of carbonyl (C=O) groups excluding carboxylic acids is 1. The minimum atomic E-state index is 0.0251. The summed E-state index contributed by atoms with van der Waals surface area (Å²) >= 11 is 2.03. The highest BCUT2D eigenvalue weighted by molar-refractivity contribution is 8.00. The Kier molecular flexibility index (Phi) is 4.46. The second-order valence-corrected chi connectivity index (χ2v) is 7.48. The van der Waals surface area contributed by atoms with Crippen molar-refractivity contribution in [3.8, 4) is 0 Å². The average Bonchev–Trinajstić information content (AvgIpc) is 2.82. The lowest BCUT2D eigenvalue weighted by molar-refractivity contribution is 0.244. The molecular formula is C14H26N2OS. The van der Waals surface area contributed by atoms with Crippen molar-refractivity contribution in [2.45, 2.75) is 70.2 Å². The smallest absolute Gasteiger partial charge is 0.315 e. The predicted octanol–water partition coefficient (Wildman–Crippen LogP) is 3.15. The zero-order chi connectivity index (χ0) is 13.2. The van der Waals surface area contributed by atoms with Crippen LogP contribution in [0.15, 0.2) is 0 Å². The number of urea groups is 1. The molecule has 0 aromatic heterocycles. The van der Waals surface area contributed by atoms with Crippen LogP contribution in [0, 0.1) is 5.41 Å². The molecule has 0 bridgehead atoms. The van der Waals surface area contributed by atoms with E-state index in [-0.39, 0.29) is 6.03 Å². The maximum atomic E-state index is 11.4. The monoisotopic (exact) mass is 270 g/mol. The lowest BCUT2D eigenvalue weighted by Crippen LogP contribution is -2.44. The Morgan fingerprint density at radius 2 is 2.06 bits per heavy atom. The lowest BCUT2D eigenvalue weighted by Gasteiger charge is -2.34. The number of fused-ring (bicyclic) bond motifs is 1. The molecule has 0 saturated carbocycles. The number of thioether (sulfide) groups is 1. The molecule has 104 valence electrons. The molecule has 0 aromatic carbocycles. The Hall–Kier alpha value is -0.380. The van der Waals surface area contributed by atoms with E-state index in [1.54, 1.807) is 0 Å². The Balaban J connectivity index is 1.87. The molecule has 0 aromatic rings. The topological polar surface area (TPSA) is 41.1 Å². The number of nitrogens with one attached hydrogen (secondary N) is 2. The van der Waals surface area contributed by atoms with E-state index in [9.17, 15) is 4.79 Å². The third-order valence-corrected chi connectivity index (χ3v) is 6.12. The van der Waals surface area contributed by atoms with Crippen LogP contribution in [0.1, 0.15) is 52.9 Å². The zero-order valence-electron chi connectivity index (χ0n) is 11.8. The van der Waals surface area contributed by atoms with Gasteiger partial charge in [-0.1, -0.05) is 46.5 Å². The van der Waals surface area contributed by atoms with Crippen molar-refractivity contribution in [2.75, 3.05) is 5.75 Å². The van der Waals surface area contributed by atoms with Crippen molar-refractivity contribution in [2.24, 2.45) is 5.41 Å². The zero-order valence-corrected chi connectivity index (χ0v) is 12.6. The summed E-state index contributed by atoms with van der Waals surface area (Å²) in [5, 5.41) is 6.68. The summed E-state index contributed by atoms with van der Waals surface area (Å²) in [6, 6.07) is 0.711. The lowest BCUT2D eigenvalue weighted by atomic mass is 9.79. The highest BCUT2D eigenvalue weighted by atomic mass is 32.2. The third kappa shape index (κ3) is 2.95. The Bertz CT molecular complexity index is 306. The van der Waals surface area contributed by atoms with E-state index in [0.717, 1.165) is 5.75 Å². The van der Waals surface area contributed by atoms with E-state index in [0.29, 0.717) is 22.7 Å². The molecule has 2 amide bonds. The molecule has 1 unspecified atom stereocenters. The van der Waals surface area contributed by atoms with Crippen molar-refractivity contribution in [1.29, 1.82) is 0 Å². The molecule has 2 aliphatic heterocycles. The largest absolute Gasteiger partial charge is 0.332 e. The van der Waals surface area contributed by atoms with Crippen LogP contribution in [0.2, 0.25) is 0 Å². The van der Waals surface area contributed by atoms with E-state index in [4.69, 9.17) is 0 Å². The SMILES string of the molecule is CCCCCCC(C)(C)C1SC[C@@H]2NC(=O)N[C@H]12. The number of carbonyl (C=O) groups is 1. The van der Waals surface area contributed by atoms with Crippen LogP contribution in [0.4, 0.5) is 4.79 Å². The normalized spacial score (nSPS) is 31.1. The number of unbranched alkanes of at least 4 members (excludes halogenated alkanes) is 3. The van der Waals surface area contributed by atoms with Crippen LogP contribution in [0.3, 0.4) is 0 Å². The molecule has 4 heteroatoms. The van der Waals surface area contributed by atoms with Gasteiger partial charge in [0.25, 0.3) is 0 Å². The number of rotatable bonds is 6. The fourth-order valence-corrected chi connectivity index (χ4v) is 4.90. The average molecular weight is 270 g/mol. The first-order valence-corrected chi connectivity index (χ1v) is 8.28. The molecule has 18 heavy (non-hydrogen) atoms. The maximum Gasteiger partial charge on any atom is 0.315 e. The third-order valence-electron chi connectivity index (χ3n) is 4.27. The van der Waals surface area contributed by atoms with Gasteiger partial charge in [-0.05, 0) is 11.8 Å². The molecule has 2 saturated heterocycles. The Labute approximate surface area is 115 Å². The molecule has 2 rings (SSSR count). The van der Waals surface area contributed by atoms with Crippen molar-refractivity contribution >= 4 is 17.8 Å². The van der Waals surface area contributed by atoms with Gasteiger partial charge >= 0.3 is 6.03 Å². The van der Waals surface area contributed by atoms with Crippen LogP contribution < -0.4 is 10.6 Å². The van der Waals surface area contributed by atoms with E-state index in [1.165, 1.54) is 32.1 Å². The van der Waals surface area contributed by atoms with Crippen LogP contribution in [0.5, 0.6) is 0 Å². The maximum absolute atomic E-state index is 11.4. The summed E-state index contributed by atoms with van der Waals surface area (Å²) < 4.78 is 0. The van der Waals surface area contributed by atoms with Gasteiger partial charge in [-0.3, -0.25) is 0 Å². The van der Waals surface area contributed by atoms with Crippen LogP contribution in [0.25, 0.3) is 0 Å². The van der Waals surface area contributed by atoms with Gasteiger partial charge in [-0.15, -0.1) is 0 Å². The van der Waals surface area contributed by atoms with Gasteiger partial charge in [0.15, 0.2) is 0 Å². The first-order chi connectivity index (χ1) is 8.54. The second-order valence-electron chi connectivity index (χ2n) is 6.30. The van der Waals surface area contributed by atoms with Gasteiger partial charge in [-0.2, -0.15) is 11.8 Å². The second kappa shape index (κ2) is 5.72. The van der Waals surface area contributed by atoms with Crippen LogP contribution in [-0.4, -0.2) is 29.1 Å². The molecule has 0 spiro atoms. The number of amides is 2. The number of hydrogen-bond acceptors (Lipinski definition) is 2. The van der Waals surface area contributed by atoms with E-state index in [1.807, 2.05) is 11.8 Å². The van der Waals surface area contributed by atoms with Crippen molar-refractivity contribution in [1.82, 2.24) is 10.6 Å². The highest BCUT2D eigenvalue weighted by Crippen LogP contribution is 2.43. The minimum absolute atomic E-state index is 0.0251. The van der Waals surface area contributed by atoms with Crippen LogP contribution in [-0.2, 0) is 0 Å².